The number of benzene rings is 3. The minimum absolute atomic E-state index is 0.236. The lowest BCUT2D eigenvalue weighted by molar-refractivity contribution is -0.114. The summed E-state index contributed by atoms with van der Waals surface area (Å²) in [6.45, 7) is 9.82. The van der Waals surface area contributed by atoms with Gasteiger partial charge in [-0.25, -0.2) is 4.99 Å². The predicted molar refractivity (Wildman–Crippen MR) is 150 cm³/mol. The number of nitrogens with zero attached hydrogens (tertiary/aromatic N) is 5. The summed E-state index contributed by atoms with van der Waals surface area (Å²) in [6, 6.07) is 24.5. The molecule has 3 aromatic rings. The Labute approximate surface area is 217 Å². The highest BCUT2D eigenvalue weighted by molar-refractivity contribution is 6.61. The Bertz CT molecular complexity index is 1450. The van der Waals surface area contributed by atoms with E-state index in [-0.39, 0.29) is 17.5 Å². The molecule has 0 saturated carbocycles. The van der Waals surface area contributed by atoms with Gasteiger partial charge < -0.3 is 4.90 Å². The van der Waals surface area contributed by atoms with Crippen LogP contribution in [0, 0.1) is 6.92 Å². The molecular formula is C30H29N5O2. The van der Waals surface area contributed by atoms with E-state index in [1.54, 1.807) is 6.92 Å². The number of aryl methyl sites for hydroxylation is 1. The average molecular weight is 492 g/mol. The van der Waals surface area contributed by atoms with Crippen molar-refractivity contribution in [2.75, 3.05) is 27.9 Å². The van der Waals surface area contributed by atoms with Gasteiger partial charge >= 0.3 is 0 Å². The topological polar surface area (TPSA) is 68.6 Å². The molecule has 5 rings (SSSR count). The van der Waals surface area contributed by atoms with Gasteiger partial charge in [0.05, 0.1) is 22.6 Å². The van der Waals surface area contributed by atoms with Gasteiger partial charge in [-0.15, -0.1) is 5.10 Å². The van der Waals surface area contributed by atoms with Gasteiger partial charge in [0, 0.05) is 18.8 Å². The van der Waals surface area contributed by atoms with E-state index >= 15 is 0 Å². The van der Waals surface area contributed by atoms with Crippen LogP contribution in [-0.4, -0.2) is 36.5 Å². The molecule has 0 atom stereocenters. The predicted octanol–water partition coefficient (Wildman–Crippen LogP) is 5.64. The number of carbonyl (C=O) groups is 2. The van der Waals surface area contributed by atoms with Crippen molar-refractivity contribution in [2.45, 2.75) is 27.7 Å². The molecule has 0 radical (unpaired) electrons. The second-order valence-electron chi connectivity index (χ2n) is 8.96. The van der Waals surface area contributed by atoms with Gasteiger partial charge in [0.15, 0.2) is 5.84 Å². The third kappa shape index (κ3) is 4.22. The molecule has 0 aliphatic carbocycles. The van der Waals surface area contributed by atoms with E-state index in [4.69, 9.17) is 4.99 Å². The van der Waals surface area contributed by atoms with Crippen LogP contribution < -0.4 is 14.8 Å². The molecule has 0 aromatic heterocycles. The molecule has 0 unspecified atom stereocenters. The lowest BCUT2D eigenvalue weighted by Crippen LogP contribution is -2.47. The van der Waals surface area contributed by atoms with E-state index < -0.39 is 0 Å². The Morgan fingerprint density at radius 1 is 0.811 bits per heavy atom. The second-order valence-corrected chi connectivity index (χ2v) is 8.96. The smallest absolute Gasteiger partial charge is 0.283 e. The Morgan fingerprint density at radius 3 is 2.03 bits per heavy atom. The molecule has 2 aliphatic rings. The molecule has 2 amide bonds. The third-order valence-electron chi connectivity index (χ3n) is 6.73. The SMILES string of the molecule is CCN(CC)c1ccc(N=C2C(=O)N(c3ccccc3)C3=NN(c4ccccc4)C(=O)C3=C2C)c(C)c1. The van der Waals surface area contributed by atoms with Crippen LogP contribution in [0.4, 0.5) is 22.7 Å². The van der Waals surface area contributed by atoms with Crippen molar-refractivity contribution in [3.05, 3.63) is 95.6 Å². The third-order valence-corrected chi connectivity index (χ3v) is 6.73. The molecule has 186 valence electrons. The van der Waals surface area contributed by atoms with E-state index in [0.29, 0.717) is 34.0 Å². The lowest BCUT2D eigenvalue weighted by Gasteiger charge is -2.28. The van der Waals surface area contributed by atoms with Crippen molar-refractivity contribution in [3.63, 3.8) is 0 Å². The summed E-state index contributed by atoms with van der Waals surface area (Å²) in [5.41, 5.74) is 5.16. The molecule has 0 bridgehead atoms. The minimum Gasteiger partial charge on any atom is -0.372 e. The summed E-state index contributed by atoms with van der Waals surface area (Å²) < 4.78 is 0. The molecule has 2 aliphatic heterocycles. The molecule has 3 aromatic carbocycles. The van der Waals surface area contributed by atoms with Gasteiger partial charge in [-0.3, -0.25) is 14.5 Å². The second kappa shape index (κ2) is 9.85. The molecule has 2 heterocycles. The van der Waals surface area contributed by atoms with Crippen LogP contribution in [-0.2, 0) is 9.59 Å². The number of hydrogen-bond acceptors (Lipinski definition) is 5. The number of anilines is 3. The molecule has 0 spiro atoms. The van der Waals surface area contributed by atoms with Gasteiger partial charge in [0.2, 0.25) is 0 Å². The highest BCUT2D eigenvalue weighted by Crippen LogP contribution is 2.34. The zero-order valence-corrected chi connectivity index (χ0v) is 21.5. The van der Waals surface area contributed by atoms with Crippen LogP contribution in [0.25, 0.3) is 0 Å². The van der Waals surface area contributed by atoms with Crippen LogP contribution in [0.2, 0.25) is 0 Å². The maximum Gasteiger partial charge on any atom is 0.283 e. The molecule has 0 saturated heterocycles. The van der Waals surface area contributed by atoms with Gasteiger partial charge in [-0.05, 0) is 81.3 Å². The quantitative estimate of drug-likeness (QED) is 0.448. The fraction of sp³-hybridized carbons (Fsp3) is 0.200. The van der Waals surface area contributed by atoms with Crippen LogP contribution in [0.15, 0.2) is 100 Å². The molecule has 7 nitrogen and oxygen atoms in total. The van der Waals surface area contributed by atoms with Crippen LogP contribution in [0.5, 0.6) is 0 Å². The highest BCUT2D eigenvalue weighted by atomic mass is 16.2. The Kier molecular flexibility index (Phi) is 6.44. The summed E-state index contributed by atoms with van der Waals surface area (Å²) in [4.78, 5) is 36.2. The summed E-state index contributed by atoms with van der Waals surface area (Å²) >= 11 is 0. The van der Waals surface area contributed by atoms with Crippen molar-refractivity contribution >= 4 is 46.1 Å². The Hall–Kier alpha value is -4.52. The van der Waals surface area contributed by atoms with Gasteiger partial charge in [-0.1, -0.05) is 36.4 Å². The van der Waals surface area contributed by atoms with Crippen LogP contribution >= 0.6 is 0 Å². The minimum atomic E-state index is -0.318. The molecular weight excluding hydrogens is 462 g/mol. The highest BCUT2D eigenvalue weighted by Gasteiger charge is 2.45. The number of aliphatic imine (C=N–C) groups is 1. The maximum atomic E-state index is 14.0. The monoisotopic (exact) mass is 491 g/mol. The first-order valence-electron chi connectivity index (χ1n) is 12.5. The number of rotatable bonds is 6. The lowest BCUT2D eigenvalue weighted by atomic mass is 9.96. The largest absolute Gasteiger partial charge is 0.372 e. The molecule has 0 fully saturated rings. The van der Waals surface area contributed by atoms with Crippen molar-refractivity contribution < 1.29 is 9.59 Å². The van der Waals surface area contributed by atoms with E-state index in [2.05, 4.69) is 29.9 Å². The Morgan fingerprint density at radius 2 is 1.43 bits per heavy atom. The number of hydrazone groups is 1. The number of para-hydroxylation sites is 2. The first kappa shape index (κ1) is 24.2. The fourth-order valence-corrected chi connectivity index (χ4v) is 4.72. The maximum absolute atomic E-state index is 14.0. The first-order chi connectivity index (χ1) is 17.9. The van der Waals surface area contributed by atoms with Crippen molar-refractivity contribution in [2.24, 2.45) is 10.1 Å². The van der Waals surface area contributed by atoms with Gasteiger partial charge in [0.25, 0.3) is 11.8 Å². The zero-order chi connectivity index (χ0) is 26.1. The first-order valence-corrected chi connectivity index (χ1v) is 12.5. The van der Waals surface area contributed by atoms with E-state index in [1.807, 2.05) is 79.7 Å². The number of fused-ring (bicyclic) bond motifs is 1. The molecule has 0 N–H and O–H groups in total. The fourth-order valence-electron chi connectivity index (χ4n) is 4.72. The van der Waals surface area contributed by atoms with Crippen molar-refractivity contribution in [1.82, 2.24) is 0 Å². The van der Waals surface area contributed by atoms with Crippen LogP contribution in [0.1, 0.15) is 26.3 Å². The summed E-state index contributed by atoms with van der Waals surface area (Å²) in [6.07, 6.45) is 0. The van der Waals surface area contributed by atoms with Crippen LogP contribution in [0.3, 0.4) is 0 Å². The zero-order valence-electron chi connectivity index (χ0n) is 21.5. The number of amides is 2. The normalized spacial score (nSPS) is 16.4. The standard InChI is InChI=1S/C30H29N5O2/c1-5-33(6-2)24-17-18-25(20(3)19-24)31-27-21(4)26-28(34(30(27)37)22-13-9-7-10-14-22)32-35(29(26)36)23-15-11-8-12-16-23/h7-19H,5-6H2,1-4H3. The summed E-state index contributed by atoms with van der Waals surface area (Å²) in [5.74, 6) is -0.287. The summed E-state index contributed by atoms with van der Waals surface area (Å²) in [5, 5.41) is 5.97. The van der Waals surface area contributed by atoms with E-state index in [9.17, 15) is 9.59 Å². The van der Waals surface area contributed by atoms with Gasteiger partial charge in [-0.2, -0.15) is 5.01 Å². The van der Waals surface area contributed by atoms with Crippen molar-refractivity contribution in [1.29, 1.82) is 0 Å². The van der Waals surface area contributed by atoms with Crippen molar-refractivity contribution in [3.8, 4) is 0 Å². The summed E-state index contributed by atoms with van der Waals surface area (Å²) in [7, 11) is 0. The molecule has 7 heteroatoms. The molecule has 37 heavy (non-hydrogen) atoms. The number of hydrogen-bond donors (Lipinski definition) is 0. The number of carbonyl (C=O) groups excluding carboxylic acids is 2. The Balaban J connectivity index is 1.65. The van der Waals surface area contributed by atoms with E-state index in [0.717, 1.165) is 24.3 Å². The number of amidine groups is 1. The average Bonchev–Trinajstić information content (AvgIpc) is 3.26. The van der Waals surface area contributed by atoms with Gasteiger partial charge in [0.1, 0.15) is 5.71 Å². The van der Waals surface area contributed by atoms with E-state index in [1.165, 1.54) is 9.91 Å².